The van der Waals surface area contributed by atoms with Gasteiger partial charge in [-0.25, -0.2) is 9.78 Å². The average Bonchev–Trinajstić information content (AvgIpc) is 3.19. The molecule has 2 N–H and O–H groups in total. The first-order valence-electron chi connectivity index (χ1n) is 10.7. The number of thioether (sulfide) groups is 1. The number of aliphatic hydroxyl groups excluding tert-OH is 1. The normalized spacial score (nSPS) is 12.1. The average molecular weight is 515 g/mol. The molecule has 4 rings (SSSR count). The van der Waals surface area contributed by atoms with Gasteiger partial charge in [0.1, 0.15) is 18.5 Å². The molecule has 1 atom stereocenters. The van der Waals surface area contributed by atoms with Crippen LogP contribution in [0, 0.1) is 6.92 Å². The second-order valence-electron chi connectivity index (χ2n) is 7.94. The van der Waals surface area contributed by atoms with E-state index in [2.05, 4.69) is 9.97 Å². The predicted octanol–water partition coefficient (Wildman–Crippen LogP) is 2.80. The maximum atomic E-state index is 12.7. The Labute approximate surface area is 209 Å². The molecule has 0 aliphatic heterocycles. The number of aliphatic hydroxyl groups is 1. The molecule has 2 aromatic heterocycles. The first-order valence-corrected chi connectivity index (χ1v) is 12.1. The summed E-state index contributed by atoms with van der Waals surface area (Å²) >= 11 is 7.01. The number of benzene rings is 2. The van der Waals surface area contributed by atoms with Crippen LogP contribution in [-0.4, -0.2) is 48.5 Å². The number of fused-ring (bicyclic) bond motifs is 1. The summed E-state index contributed by atoms with van der Waals surface area (Å²) in [5, 5.41) is 11.6. The lowest BCUT2D eigenvalue weighted by molar-refractivity contribution is 0.0910. The number of aromatic amines is 1. The highest BCUT2D eigenvalue weighted by Crippen LogP contribution is 2.24. The van der Waals surface area contributed by atoms with E-state index >= 15 is 0 Å². The summed E-state index contributed by atoms with van der Waals surface area (Å²) in [7, 11) is 1.49. The lowest BCUT2D eigenvalue weighted by atomic mass is 10.1. The van der Waals surface area contributed by atoms with Crippen molar-refractivity contribution in [1.82, 2.24) is 19.1 Å². The number of rotatable bonds is 9. The van der Waals surface area contributed by atoms with Crippen LogP contribution < -0.4 is 16.0 Å². The van der Waals surface area contributed by atoms with Crippen LogP contribution in [0.4, 0.5) is 0 Å². The van der Waals surface area contributed by atoms with Gasteiger partial charge in [0, 0.05) is 17.6 Å². The molecule has 0 bridgehead atoms. The van der Waals surface area contributed by atoms with Crippen LogP contribution in [0.25, 0.3) is 11.2 Å². The molecule has 11 heteroatoms. The van der Waals surface area contributed by atoms with E-state index in [1.807, 2.05) is 25.1 Å². The lowest BCUT2D eigenvalue weighted by Crippen LogP contribution is -2.30. The van der Waals surface area contributed by atoms with Gasteiger partial charge in [-0.1, -0.05) is 41.6 Å². The molecule has 0 spiro atoms. The molecule has 0 aliphatic carbocycles. The molecule has 9 nitrogen and oxygen atoms in total. The van der Waals surface area contributed by atoms with Crippen LogP contribution >= 0.6 is 23.4 Å². The fraction of sp³-hybridized carbons (Fsp3) is 0.250. The van der Waals surface area contributed by atoms with Crippen LogP contribution in [0.5, 0.6) is 5.75 Å². The zero-order valence-electron chi connectivity index (χ0n) is 19.0. The Hall–Kier alpha value is -3.34. The van der Waals surface area contributed by atoms with Gasteiger partial charge in [0.15, 0.2) is 22.1 Å². The minimum atomic E-state index is -0.991. The van der Waals surface area contributed by atoms with Crippen molar-refractivity contribution in [2.24, 2.45) is 7.05 Å². The summed E-state index contributed by atoms with van der Waals surface area (Å²) in [5.74, 6) is 0.522. The van der Waals surface area contributed by atoms with E-state index in [1.165, 1.54) is 16.2 Å². The third-order valence-electron chi connectivity index (χ3n) is 5.39. The maximum absolute atomic E-state index is 12.7. The number of H-pyrrole nitrogens is 1. The van der Waals surface area contributed by atoms with E-state index in [0.29, 0.717) is 21.5 Å². The van der Waals surface area contributed by atoms with E-state index in [-0.39, 0.29) is 35.9 Å². The molecule has 4 aromatic rings. The first-order chi connectivity index (χ1) is 16.7. The van der Waals surface area contributed by atoms with E-state index in [0.717, 1.165) is 17.3 Å². The summed E-state index contributed by atoms with van der Waals surface area (Å²) in [4.78, 5) is 44.1. The van der Waals surface area contributed by atoms with Crippen molar-refractivity contribution in [2.45, 2.75) is 24.7 Å². The van der Waals surface area contributed by atoms with Crippen LogP contribution in [-0.2, 0) is 13.6 Å². The zero-order valence-corrected chi connectivity index (χ0v) is 20.6. The molecule has 2 aromatic carbocycles. The topological polar surface area (TPSA) is 119 Å². The van der Waals surface area contributed by atoms with Crippen molar-refractivity contribution in [3.8, 4) is 5.75 Å². The Morgan fingerprint density at radius 2 is 1.91 bits per heavy atom. The molecule has 2 heterocycles. The summed E-state index contributed by atoms with van der Waals surface area (Å²) in [6.07, 6.45) is -0.991. The standard InChI is InChI=1S/C24H23ClN4O5S/c1-14-5-3-4-6-19(14)34-12-17(30)11-29-20-21(28(2)23(33)27-22(20)32)26-24(29)35-13-18(31)15-7-9-16(25)10-8-15/h3-10,17,30H,11-13H2,1-2H3,(H,27,32,33). The minimum absolute atomic E-state index is 0.0258. The highest BCUT2D eigenvalue weighted by molar-refractivity contribution is 7.99. The summed E-state index contributed by atoms with van der Waals surface area (Å²) in [6.45, 7) is 1.85. The van der Waals surface area contributed by atoms with E-state index < -0.39 is 17.4 Å². The zero-order chi connectivity index (χ0) is 25.1. The predicted molar refractivity (Wildman–Crippen MR) is 135 cm³/mol. The van der Waals surface area contributed by atoms with Crippen LogP contribution in [0.1, 0.15) is 15.9 Å². The molecular weight excluding hydrogens is 492 g/mol. The van der Waals surface area contributed by atoms with Crippen molar-refractivity contribution in [3.63, 3.8) is 0 Å². The number of carbonyl (C=O) groups is 1. The quantitative estimate of drug-likeness (QED) is 0.260. The number of nitrogens with one attached hydrogen (secondary N) is 1. The van der Waals surface area contributed by atoms with Gasteiger partial charge in [0.25, 0.3) is 5.56 Å². The first kappa shape index (κ1) is 24.8. The van der Waals surface area contributed by atoms with Gasteiger partial charge in [-0.05, 0) is 42.8 Å². The molecule has 0 fully saturated rings. The smallest absolute Gasteiger partial charge is 0.329 e. The number of para-hydroxylation sites is 1. The van der Waals surface area contributed by atoms with Crippen LogP contribution in [0.3, 0.4) is 0 Å². The summed E-state index contributed by atoms with van der Waals surface area (Å²) in [6, 6.07) is 14.0. The lowest BCUT2D eigenvalue weighted by Gasteiger charge is -2.16. The monoisotopic (exact) mass is 514 g/mol. The highest BCUT2D eigenvalue weighted by atomic mass is 35.5. The fourth-order valence-electron chi connectivity index (χ4n) is 3.51. The third kappa shape index (κ3) is 5.50. The number of nitrogens with zero attached hydrogens (tertiary/aromatic N) is 3. The van der Waals surface area contributed by atoms with Crippen molar-refractivity contribution in [3.05, 3.63) is 85.5 Å². The van der Waals surface area contributed by atoms with E-state index in [9.17, 15) is 19.5 Å². The van der Waals surface area contributed by atoms with E-state index in [4.69, 9.17) is 16.3 Å². The Kier molecular flexibility index (Phi) is 7.44. The van der Waals surface area contributed by atoms with Gasteiger partial charge in [-0.2, -0.15) is 0 Å². The highest BCUT2D eigenvalue weighted by Gasteiger charge is 2.21. The van der Waals surface area contributed by atoms with Crippen LogP contribution in [0.15, 0.2) is 63.3 Å². The molecule has 0 aliphatic rings. The van der Waals surface area contributed by atoms with Crippen LogP contribution in [0.2, 0.25) is 5.02 Å². The number of hydrogen-bond acceptors (Lipinski definition) is 7. The molecule has 0 saturated carbocycles. The molecule has 0 amide bonds. The molecule has 1 unspecified atom stereocenters. The third-order valence-corrected chi connectivity index (χ3v) is 6.62. The number of ketones is 1. The van der Waals surface area contributed by atoms with Crippen molar-refractivity contribution < 1.29 is 14.6 Å². The Morgan fingerprint density at radius 3 is 2.63 bits per heavy atom. The van der Waals surface area contributed by atoms with Gasteiger partial charge in [0.05, 0.1) is 12.3 Å². The number of aromatic nitrogens is 4. The number of hydrogen-bond donors (Lipinski definition) is 2. The largest absolute Gasteiger partial charge is 0.491 e. The Morgan fingerprint density at radius 1 is 1.20 bits per heavy atom. The summed E-state index contributed by atoms with van der Waals surface area (Å²) in [5.41, 5.74) is 0.469. The van der Waals surface area contributed by atoms with Crippen molar-refractivity contribution in [1.29, 1.82) is 0 Å². The van der Waals surface area contributed by atoms with E-state index in [1.54, 1.807) is 30.3 Å². The molecule has 182 valence electrons. The molecular formula is C24H23ClN4O5S. The molecule has 0 radical (unpaired) electrons. The van der Waals surface area contributed by atoms with Gasteiger partial charge in [-0.3, -0.25) is 19.1 Å². The summed E-state index contributed by atoms with van der Waals surface area (Å²) < 4.78 is 8.47. The number of halogens is 1. The molecule has 0 saturated heterocycles. The van der Waals surface area contributed by atoms with Gasteiger partial charge >= 0.3 is 5.69 Å². The van der Waals surface area contributed by atoms with Crippen molar-refractivity contribution in [2.75, 3.05) is 12.4 Å². The number of carbonyl (C=O) groups excluding carboxylic acids is 1. The van der Waals surface area contributed by atoms with Gasteiger partial charge < -0.3 is 14.4 Å². The fourth-order valence-corrected chi connectivity index (χ4v) is 4.54. The SMILES string of the molecule is Cc1ccccc1OCC(O)Cn1c(SCC(=O)c2ccc(Cl)cc2)nc2c1c(=O)[nH]c(=O)n2C. The van der Waals surface area contributed by atoms with Gasteiger partial charge in [-0.15, -0.1) is 0 Å². The van der Waals surface area contributed by atoms with Crippen molar-refractivity contribution >= 4 is 40.3 Å². The number of Topliss-reactive ketones (excluding diaryl/α,β-unsaturated/α-hetero) is 1. The Bertz CT molecular complexity index is 1490. The second kappa shape index (κ2) is 10.5. The maximum Gasteiger partial charge on any atom is 0.329 e. The molecule has 35 heavy (non-hydrogen) atoms. The number of ether oxygens (including phenoxy) is 1. The number of imidazole rings is 1. The number of aryl methyl sites for hydroxylation is 2. The Balaban J connectivity index is 1.60. The van der Waals surface area contributed by atoms with Gasteiger partial charge in [0.2, 0.25) is 0 Å². The minimum Gasteiger partial charge on any atom is -0.491 e. The second-order valence-corrected chi connectivity index (χ2v) is 9.32.